The molecule has 0 saturated carbocycles. The summed E-state index contributed by atoms with van der Waals surface area (Å²) in [5, 5.41) is 3.33. The van der Waals surface area contributed by atoms with Gasteiger partial charge in [-0.05, 0) is 39.7 Å². The number of aromatic amines is 1. The summed E-state index contributed by atoms with van der Waals surface area (Å²) in [7, 11) is 0. The summed E-state index contributed by atoms with van der Waals surface area (Å²) >= 11 is 3.38. The molecule has 0 atom stereocenters. The van der Waals surface area contributed by atoms with Gasteiger partial charge in [0, 0.05) is 18.4 Å². The van der Waals surface area contributed by atoms with Gasteiger partial charge in [0.25, 0.3) is 0 Å². The second kappa shape index (κ2) is 4.33. The van der Waals surface area contributed by atoms with E-state index in [1.54, 1.807) is 0 Å². The van der Waals surface area contributed by atoms with Crippen molar-refractivity contribution < 1.29 is 0 Å². The van der Waals surface area contributed by atoms with Crippen LogP contribution in [0, 0.1) is 0 Å². The van der Waals surface area contributed by atoms with Crippen LogP contribution in [-0.2, 0) is 6.54 Å². The SMILES string of the molecule is Brc1cc(CNc2ccccc2)c[nH]1. The molecule has 0 unspecified atom stereocenters. The van der Waals surface area contributed by atoms with E-state index < -0.39 is 0 Å². The molecule has 14 heavy (non-hydrogen) atoms. The highest BCUT2D eigenvalue weighted by Crippen LogP contribution is 2.12. The summed E-state index contributed by atoms with van der Waals surface area (Å²) in [6.07, 6.45) is 1.99. The largest absolute Gasteiger partial charge is 0.381 e. The van der Waals surface area contributed by atoms with Crippen LogP contribution in [0.1, 0.15) is 5.56 Å². The Labute approximate surface area is 91.5 Å². The highest BCUT2D eigenvalue weighted by molar-refractivity contribution is 9.10. The number of hydrogen-bond acceptors (Lipinski definition) is 1. The topological polar surface area (TPSA) is 27.8 Å². The molecule has 2 aromatic rings. The van der Waals surface area contributed by atoms with Gasteiger partial charge in [0.05, 0.1) is 4.60 Å². The van der Waals surface area contributed by atoms with Gasteiger partial charge in [-0.25, -0.2) is 0 Å². The van der Waals surface area contributed by atoms with Crippen LogP contribution in [-0.4, -0.2) is 4.98 Å². The summed E-state index contributed by atoms with van der Waals surface area (Å²) in [6, 6.07) is 12.2. The molecule has 1 heterocycles. The van der Waals surface area contributed by atoms with Gasteiger partial charge in [-0.2, -0.15) is 0 Å². The molecule has 3 heteroatoms. The zero-order valence-corrected chi connectivity index (χ0v) is 9.21. The van der Waals surface area contributed by atoms with E-state index in [9.17, 15) is 0 Å². The Balaban J connectivity index is 1.95. The van der Waals surface area contributed by atoms with E-state index in [0.717, 1.165) is 16.8 Å². The Morgan fingerprint density at radius 3 is 2.64 bits per heavy atom. The summed E-state index contributed by atoms with van der Waals surface area (Å²) in [6.45, 7) is 0.839. The maximum absolute atomic E-state index is 3.38. The average molecular weight is 251 g/mol. The maximum Gasteiger partial charge on any atom is 0.0823 e. The fourth-order valence-electron chi connectivity index (χ4n) is 1.27. The van der Waals surface area contributed by atoms with Gasteiger partial charge in [0.15, 0.2) is 0 Å². The fraction of sp³-hybridized carbons (Fsp3) is 0.0909. The molecule has 0 aliphatic heterocycles. The van der Waals surface area contributed by atoms with Crippen LogP contribution in [0.25, 0.3) is 0 Å². The van der Waals surface area contributed by atoms with E-state index >= 15 is 0 Å². The molecule has 0 saturated heterocycles. The molecule has 0 aliphatic rings. The van der Waals surface area contributed by atoms with E-state index in [2.05, 4.69) is 44.4 Å². The average Bonchev–Trinajstić information content (AvgIpc) is 2.63. The maximum atomic E-state index is 3.38. The Kier molecular flexibility index (Phi) is 2.89. The Hall–Kier alpha value is -1.22. The molecule has 0 amide bonds. The van der Waals surface area contributed by atoms with Gasteiger partial charge >= 0.3 is 0 Å². The van der Waals surface area contributed by atoms with Crippen molar-refractivity contribution >= 4 is 21.6 Å². The first-order chi connectivity index (χ1) is 6.84. The van der Waals surface area contributed by atoms with Crippen LogP contribution in [0.3, 0.4) is 0 Å². The van der Waals surface area contributed by atoms with Gasteiger partial charge in [-0.1, -0.05) is 18.2 Å². The monoisotopic (exact) mass is 250 g/mol. The normalized spacial score (nSPS) is 10.1. The number of hydrogen-bond donors (Lipinski definition) is 2. The molecular weight excluding hydrogens is 240 g/mol. The van der Waals surface area contributed by atoms with E-state index in [0.29, 0.717) is 0 Å². The van der Waals surface area contributed by atoms with Crippen molar-refractivity contribution in [2.24, 2.45) is 0 Å². The fourth-order valence-corrected chi connectivity index (χ4v) is 1.68. The Morgan fingerprint density at radius 2 is 2.00 bits per heavy atom. The van der Waals surface area contributed by atoms with Crippen molar-refractivity contribution in [3.63, 3.8) is 0 Å². The van der Waals surface area contributed by atoms with Crippen molar-refractivity contribution in [3.05, 3.63) is 52.8 Å². The van der Waals surface area contributed by atoms with Crippen LogP contribution in [0.15, 0.2) is 47.2 Å². The third-order valence-electron chi connectivity index (χ3n) is 1.98. The summed E-state index contributed by atoms with van der Waals surface area (Å²) in [5.41, 5.74) is 2.38. The van der Waals surface area contributed by atoms with Crippen molar-refractivity contribution in [2.45, 2.75) is 6.54 Å². The second-order valence-corrected chi connectivity index (χ2v) is 3.93. The second-order valence-electron chi connectivity index (χ2n) is 3.08. The molecule has 1 aromatic heterocycles. The number of benzene rings is 1. The first-order valence-corrected chi connectivity index (χ1v) is 5.25. The molecule has 72 valence electrons. The number of halogens is 1. The lowest BCUT2D eigenvalue weighted by Crippen LogP contribution is -1.97. The predicted molar refractivity (Wildman–Crippen MR) is 62.3 cm³/mol. The van der Waals surface area contributed by atoms with Gasteiger partial charge in [-0.3, -0.25) is 0 Å². The number of rotatable bonds is 3. The van der Waals surface area contributed by atoms with Gasteiger partial charge in [0.1, 0.15) is 0 Å². The molecule has 0 aliphatic carbocycles. The van der Waals surface area contributed by atoms with Crippen LogP contribution >= 0.6 is 15.9 Å². The molecule has 1 aromatic carbocycles. The van der Waals surface area contributed by atoms with E-state index in [4.69, 9.17) is 0 Å². The highest BCUT2D eigenvalue weighted by Gasteiger charge is 1.95. The molecule has 2 N–H and O–H groups in total. The molecule has 0 spiro atoms. The lowest BCUT2D eigenvalue weighted by Gasteiger charge is -2.03. The van der Waals surface area contributed by atoms with Crippen LogP contribution in [0.4, 0.5) is 5.69 Å². The Morgan fingerprint density at radius 1 is 1.21 bits per heavy atom. The summed E-state index contributed by atoms with van der Waals surface area (Å²) in [5.74, 6) is 0. The molecule has 0 bridgehead atoms. The molecular formula is C11H11BrN2. The zero-order valence-electron chi connectivity index (χ0n) is 7.63. The van der Waals surface area contributed by atoms with Crippen LogP contribution < -0.4 is 5.32 Å². The first-order valence-electron chi connectivity index (χ1n) is 4.46. The molecule has 0 fully saturated rings. The van der Waals surface area contributed by atoms with Gasteiger partial charge in [-0.15, -0.1) is 0 Å². The molecule has 2 nitrogen and oxygen atoms in total. The minimum Gasteiger partial charge on any atom is -0.381 e. The lowest BCUT2D eigenvalue weighted by atomic mass is 10.3. The number of para-hydroxylation sites is 1. The summed E-state index contributed by atoms with van der Waals surface area (Å²) in [4.78, 5) is 3.08. The Bertz CT molecular complexity index is 395. The third-order valence-corrected chi connectivity index (χ3v) is 2.44. The van der Waals surface area contributed by atoms with Gasteiger partial charge < -0.3 is 10.3 Å². The lowest BCUT2D eigenvalue weighted by molar-refractivity contribution is 1.15. The minimum atomic E-state index is 0.839. The molecule has 0 radical (unpaired) electrons. The number of aromatic nitrogens is 1. The number of H-pyrrole nitrogens is 1. The standard InChI is InChI=1S/C11H11BrN2/c12-11-6-9(8-14-11)7-13-10-4-2-1-3-5-10/h1-6,8,13-14H,7H2. The smallest absolute Gasteiger partial charge is 0.0823 e. The molecule has 2 rings (SSSR count). The van der Waals surface area contributed by atoms with Gasteiger partial charge in [0.2, 0.25) is 0 Å². The minimum absolute atomic E-state index is 0.839. The van der Waals surface area contributed by atoms with E-state index in [1.165, 1.54) is 5.56 Å². The summed E-state index contributed by atoms with van der Waals surface area (Å²) < 4.78 is 1.02. The third kappa shape index (κ3) is 2.39. The quantitative estimate of drug-likeness (QED) is 0.859. The van der Waals surface area contributed by atoms with Crippen molar-refractivity contribution in [1.29, 1.82) is 0 Å². The van der Waals surface area contributed by atoms with Crippen LogP contribution in [0.2, 0.25) is 0 Å². The van der Waals surface area contributed by atoms with E-state index in [1.807, 2.05) is 24.4 Å². The number of nitrogens with one attached hydrogen (secondary N) is 2. The number of anilines is 1. The van der Waals surface area contributed by atoms with Crippen LogP contribution in [0.5, 0.6) is 0 Å². The highest BCUT2D eigenvalue weighted by atomic mass is 79.9. The van der Waals surface area contributed by atoms with E-state index in [-0.39, 0.29) is 0 Å². The first kappa shape index (κ1) is 9.34. The zero-order chi connectivity index (χ0) is 9.80. The van der Waals surface area contributed by atoms with Crippen molar-refractivity contribution in [1.82, 2.24) is 4.98 Å². The predicted octanol–water partition coefficient (Wildman–Crippen LogP) is 3.39. The van der Waals surface area contributed by atoms with Crippen molar-refractivity contribution in [2.75, 3.05) is 5.32 Å². The van der Waals surface area contributed by atoms with Crippen molar-refractivity contribution in [3.8, 4) is 0 Å².